The molecule has 0 radical (unpaired) electrons. The second-order valence-electron chi connectivity index (χ2n) is 10.5. The Morgan fingerprint density at radius 1 is 1.09 bits per heavy atom. The van der Waals surface area contributed by atoms with Crippen LogP contribution in [0.15, 0.2) is 84.5 Å². The molecular formula is C34H32N6O3S. The number of methoxy groups -OCH3 is 1. The van der Waals surface area contributed by atoms with Crippen molar-refractivity contribution in [1.29, 1.82) is 0 Å². The van der Waals surface area contributed by atoms with Gasteiger partial charge in [0, 0.05) is 83.3 Å². The Morgan fingerprint density at radius 3 is 2.70 bits per heavy atom. The van der Waals surface area contributed by atoms with Gasteiger partial charge in [0.2, 0.25) is 5.91 Å². The molecule has 0 bridgehead atoms. The van der Waals surface area contributed by atoms with Crippen molar-refractivity contribution < 1.29 is 14.3 Å². The fourth-order valence-corrected chi connectivity index (χ4v) is 6.45. The minimum absolute atomic E-state index is 0.174. The number of para-hydroxylation sites is 1. The minimum atomic E-state index is -0.232. The van der Waals surface area contributed by atoms with Crippen molar-refractivity contribution in [2.75, 3.05) is 24.7 Å². The monoisotopic (exact) mass is 604 g/mol. The van der Waals surface area contributed by atoms with E-state index in [0.29, 0.717) is 29.5 Å². The number of fused-ring (bicyclic) bond motifs is 2. The molecule has 0 aliphatic carbocycles. The number of anilines is 2. The lowest BCUT2D eigenvalue weighted by Crippen LogP contribution is -2.24. The number of rotatable bonds is 9. The van der Waals surface area contributed by atoms with Gasteiger partial charge in [-0.2, -0.15) is 0 Å². The molecule has 6 aromatic rings. The number of thiophene rings is 1. The zero-order valence-corrected chi connectivity index (χ0v) is 25.4. The van der Waals surface area contributed by atoms with Crippen LogP contribution in [0, 0.1) is 0 Å². The number of carbonyl (C=O) groups excluding carboxylic acids is 2. The molecule has 4 N–H and O–H groups in total. The number of aryl methyl sites for hydroxylation is 2. The number of benzene rings is 2. The number of amides is 2. The van der Waals surface area contributed by atoms with Crippen LogP contribution >= 0.6 is 11.3 Å². The maximum absolute atomic E-state index is 13.2. The third-order valence-electron chi connectivity index (χ3n) is 7.74. The average Bonchev–Trinajstić information content (AvgIpc) is 3.75. The number of nitrogens with one attached hydrogen (secondary N) is 2. The second kappa shape index (κ2) is 12.1. The Kier molecular flexibility index (Phi) is 7.91. The molecular weight excluding hydrogens is 572 g/mol. The third kappa shape index (κ3) is 5.55. The van der Waals surface area contributed by atoms with Crippen LogP contribution < -0.4 is 21.1 Å². The van der Waals surface area contributed by atoms with Gasteiger partial charge in [0.15, 0.2) is 0 Å². The van der Waals surface area contributed by atoms with Crippen molar-refractivity contribution in [2.45, 2.75) is 6.42 Å². The molecule has 0 saturated carbocycles. The van der Waals surface area contributed by atoms with Gasteiger partial charge in [0.25, 0.3) is 5.91 Å². The van der Waals surface area contributed by atoms with Gasteiger partial charge < -0.3 is 30.2 Å². The van der Waals surface area contributed by atoms with Crippen molar-refractivity contribution in [2.24, 2.45) is 14.1 Å². The van der Waals surface area contributed by atoms with E-state index in [1.54, 1.807) is 19.4 Å². The first-order valence-corrected chi connectivity index (χ1v) is 15.0. The Balaban J connectivity index is 1.21. The summed E-state index contributed by atoms with van der Waals surface area (Å²) in [5, 5.41) is 9.74. The van der Waals surface area contributed by atoms with Crippen molar-refractivity contribution in [1.82, 2.24) is 19.4 Å². The lowest BCUT2D eigenvalue weighted by Gasteiger charge is -2.13. The molecule has 0 spiro atoms. The van der Waals surface area contributed by atoms with Crippen LogP contribution in [0.2, 0.25) is 0 Å². The smallest absolute Gasteiger partial charge is 0.272 e. The molecule has 0 atom stereocenters. The van der Waals surface area contributed by atoms with Crippen LogP contribution in [-0.4, -0.2) is 39.6 Å². The van der Waals surface area contributed by atoms with Crippen LogP contribution in [0.1, 0.15) is 21.7 Å². The van der Waals surface area contributed by atoms with Gasteiger partial charge in [0.1, 0.15) is 17.3 Å². The molecule has 9 nitrogen and oxygen atoms in total. The van der Waals surface area contributed by atoms with Gasteiger partial charge >= 0.3 is 0 Å². The van der Waals surface area contributed by atoms with Gasteiger partial charge in [0.05, 0.1) is 12.8 Å². The highest BCUT2D eigenvalue weighted by atomic mass is 32.1. The fraction of sp³-hybridized carbons (Fsp3) is 0.147. The number of hydrogen-bond donors (Lipinski definition) is 3. The number of nitrogens with zero attached hydrogens (tertiary/aromatic N) is 3. The zero-order chi connectivity index (χ0) is 30.8. The summed E-state index contributed by atoms with van der Waals surface area (Å²) >= 11 is 1.53. The van der Waals surface area contributed by atoms with Gasteiger partial charge in [-0.3, -0.25) is 9.59 Å². The number of pyridine rings is 1. The fourth-order valence-electron chi connectivity index (χ4n) is 5.37. The molecule has 4 heterocycles. The first kappa shape index (κ1) is 28.8. The van der Waals surface area contributed by atoms with Gasteiger partial charge in [-0.25, -0.2) is 4.98 Å². The molecule has 6 rings (SSSR count). The number of hydrogen-bond acceptors (Lipinski definition) is 6. The minimum Gasteiger partial charge on any atom is -0.495 e. The van der Waals surface area contributed by atoms with E-state index in [1.165, 1.54) is 17.4 Å². The van der Waals surface area contributed by atoms with Gasteiger partial charge in [-0.1, -0.05) is 24.3 Å². The Morgan fingerprint density at radius 2 is 1.93 bits per heavy atom. The Bertz CT molecular complexity index is 2050. The van der Waals surface area contributed by atoms with E-state index >= 15 is 0 Å². The molecule has 2 aromatic carbocycles. The summed E-state index contributed by atoms with van der Waals surface area (Å²) in [5.74, 6) is 0.507. The average molecular weight is 605 g/mol. The number of aromatic nitrogens is 3. The van der Waals surface area contributed by atoms with Crippen LogP contribution in [0.25, 0.3) is 38.2 Å². The molecule has 222 valence electrons. The summed E-state index contributed by atoms with van der Waals surface area (Å²) in [6.45, 7) is 0.541. The quantitative estimate of drug-likeness (QED) is 0.175. The predicted octanol–water partition coefficient (Wildman–Crippen LogP) is 6.01. The lowest BCUT2D eigenvalue weighted by molar-refractivity contribution is -0.116. The normalized spacial score (nSPS) is 11.4. The number of ether oxygens (including phenoxy) is 1. The molecule has 0 aliphatic rings. The Labute approximate surface area is 258 Å². The zero-order valence-electron chi connectivity index (χ0n) is 24.6. The van der Waals surface area contributed by atoms with E-state index in [1.807, 2.05) is 95.5 Å². The van der Waals surface area contributed by atoms with Gasteiger partial charge in [-0.05, 0) is 53.4 Å². The molecule has 0 unspecified atom stereocenters. The van der Waals surface area contributed by atoms with Crippen LogP contribution in [-0.2, 0) is 25.3 Å². The van der Waals surface area contributed by atoms with Crippen LogP contribution in [0.5, 0.6) is 5.75 Å². The summed E-state index contributed by atoms with van der Waals surface area (Å²) in [7, 11) is 5.43. The van der Waals surface area contributed by atoms with Crippen molar-refractivity contribution in [3.05, 3.63) is 101 Å². The first-order valence-electron chi connectivity index (χ1n) is 14.1. The van der Waals surface area contributed by atoms with Gasteiger partial charge in [-0.15, -0.1) is 11.3 Å². The third-order valence-corrected chi connectivity index (χ3v) is 8.77. The van der Waals surface area contributed by atoms with Crippen molar-refractivity contribution in [3.8, 4) is 16.9 Å². The van der Waals surface area contributed by atoms with E-state index in [-0.39, 0.29) is 11.8 Å². The first-order chi connectivity index (χ1) is 21.3. The largest absolute Gasteiger partial charge is 0.495 e. The van der Waals surface area contributed by atoms with Crippen molar-refractivity contribution >= 4 is 61.7 Å². The molecule has 10 heteroatoms. The number of nitrogens with two attached hydrogens (primary N) is 1. The molecule has 0 saturated heterocycles. The summed E-state index contributed by atoms with van der Waals surface area (Å²) in [5.41, 5.74) is 12.2. The van der Waals surface area contributed by atoms with E-state index in [9.17, 15) is 9.59 Å². The topological polar surface area (TPSA) is 116 Å². The van der Waals surface area contributed by atoms with E-state index in [0.717, 1.165) is 49.8 Å². The molecule has 44 heavy (non-hydrogen) atoms. The van der Waals surface area contributed by atoms with E-state index < -0.39 is 0 Å². The van der Waals surface area contributed by atoms with Crippen molar-refractivity contribution in [3.63, 3.8) is 0 Å². The molecule has 0 fully saturated rings. The second-order valence-corrected chi connectivity index (χ2v) is 11.3. The van der Waals surface area contributed by atoms with Crippen LogP contribution in [0.4, 0.5) is 11.5 Å². The number of carbonyl (C=O) groups is 2. The highest BCUT2D eigenvalue weighted by Crippen LogP contribution is 2.41. The maximum Gasteiger partial charge on any atom is 0.272 e. The molecule has 4 aromatic heterocycles. The Hall–Kier alpha value is -5.35. The standard InChI is InChI=1S/C34H32N6O3S/c1-39-16-6-8-24(39)14-15-36-30(41)13-11-23-19-37-33(35)31-25(20-44-32(23)31)21-10-12-26(29(18-21)43-3)38-34(42)28-17-22-7-4-5-9-27(22)40(28)2/h4-13,16-20H,14-15H2,1-3H3,(H2,35,37)(H,36,41)(H,38,42). The summed E-state index contributed by atoms with van der Waals surface area (Å²) in [6.07, 6.45) is 7.70. The van der Waals surface area contributed by atoms with Crippen LogP contribution in [0.3, 0.4) is 0 Å². The number of nitrogen functional groups attached to an aromatic ring is 1. The predicted molar refractivity (Wildman–Crippen MR) is 178 cm³/mol. The maximum atomic E-state index is 13.2. The highest BCUT2D eigenvalue weighted by molar-refractivity contribution is 7.18. The molecule has 2 amide bonds. The van der Waals surface area contributed by atoms with E-state index in [4.69, 9.17) is 10.5 Å². The molecule has 0 aliphatic heterocycles. The summed E-state index contributed by atoms with van der Waals surface area (Å²) < 4.78 is 10.5. The summed E-state index contributed by atoms with van der Waals surface area (Å²) in [6, 6.07) is 19.4. The summed E-state index contributed by atoms with van der Waals surface area (Å²) in [4.78, 5) is 30.1. The lowest BCUT2D eigenvalue weighted by atomic mass is 10.0. The SMILES string of the molecule is COc1cc(-c2csc3c(C=CC(=O)NCCc4cccn4C)cnc(N)c23)ccc1NC(=O)c1cc2ccccc2n1C. The van der Waals surface area contributed by atoms with E-state index in [2.05, 4.69) is 15.6 Å². The highest BCUT2D eigenvalue weighted by Gasteiger charge is 2.18.